The minimum atomic E-state index is -0.999. The number of aryl methyl sites for hydroxylation is 1. The normalized spacial score (nSPS) is 21.1. The average Bonchev–Trinajstić information content (AvgIpc) is 3.28. The molecule has 2 heterocycles. The standard InChI is InChI=1S/C26H25ClN2O2/c27-20-13-11-18(12-14-20)24-8-3-15-29(24)25-7-1-4-17-9-10-19(16-21(17)25)22-5-2-6-23(28-22)26(30)31/h2,5-6,9-14,16,24-25H,1,3-4,7-8,15H2,(H,30,31)/t24-,25+/m0/s1. The number of nitrogens with zero attached hydrogens (tertiary/aromatic N) is 2. The molecule has 4 nitrogen and oxygen atoms in total. The molecule has 2 aromatic carbocycles. The molecule has 3 aromatic rings. The lowest BCUT2D eigenvalue weighted by atomic mass is 9.84. The van der Waals surface area contributed by atoms with Crippen molar-refractivity contribution in [3.05, 3.63) is 88.1 Å². The zero-order valence-corrected chi connectivity index (χ0v) is 18.1. The van der Waals surface area contributed by atoms with Crippen molar-refractivity contribution in [2.45, 2.75) is 44.2 Å². The van der Waals surface area contributed by atoms with E-state index in [9.17, 15) is 9.90 Å². The molecule has 0 unspecified atom stereocenters. The van der Waals surface area contributed by atoms with Crippen molar-refractivity contribution in [1.29, 1.82) is 0 Å². The molecule has 0 radical (unpaired) electrons. The molecule has 0 saturated carbocycles. The van der Waals surface area contributed by atoms with E-state index in [2.05, 4.69) is 40.2 Å². The Morgan fingerprint density at radius 3 is 2.61 bits per heavy atom. The van der Waals surface area contributed by atoms with E-state index in [1.54, 1.807) is 6.07 Å². The van der Waals surface area contributed by atoms with Crippen molar-refractivity contribution in [2.24, 2.45) is 0 Å². The molecule has 5 heteroatoms. The lowest BCUT2D eigenvalue weighted by molar-refractivity contribution is 0.0690. The first kappa shape index (κ1) is 20.2. The summed E-state index contributed by atoms with van der Waals surface area (Å²) in [4.78, 5) is 18.4. The number of aromatic nitrogens is 1. The van der Waals surface area contributed by atoms with Gasteiger partial charge < -0.3 is 5.11 Å². The Bertz CT molecular complexity index is 1110. The van der Waals surface area contributed by atoms with E-state index in [-0.39, 0.29) is 5.69 Å². The number of benzene rings is 2. The number of halogens is 1. The summed E-state index contributed by atoms with van der Waals surface area (Å²) in [6.07, 6.45) is 5.78. The van der Waals surface area contributed by atoms with E-state index >= 15 is 0 Å². The van der Waals surface area contributed by atoms with Crippen LogP contribution in [0.2, 0.25) is 5.02 Å². The molecule has 5 rings (SSSR count). The van der Waals surface area contributed by atoms with Crippen molar-refractivity contribution in [2.75, 3.05) is 6.54 Å². The third kappa shape index (κ3) is 3.98. The molecule has 0 bridgehead atoms. The van der Waals surface area contributed by atoms with E-state index in [0.29, 0.717) is 17.8 Å². The van der Waals surface area contributed by atoms with Crippen molar-refractivity contribution in [3.63, 3.8) is 0 Å². The highest BCUT2D eigenvalue weighted by atomic mass is 35.5. The number of pyridine rings is 1. The molecule has 2 aliphatic rings. The van der Waals surface area contributed by atoms with Crippen LogP contribution in [-0.4, -0.2) is 27.5 Å². The second-order valence-corrected chi connectivity index (χ2v) is 8.92. The van der Waals surface area contributed by atoms with Crippen LogP contribution in [0.1, 0.15) is 64.9 Å². The monoisotopic (exact) mass is 432 g/mol. The number of hydrogen-bond acceptors (Lipinski definition) is 3. The Labute approximate surface area is 187 Å². The second kappa shape index (κ2) is 8.45. The summed E-state index contributed by atoms with van der Waals surface area (Å²) in [5, 5.41) is 10.1. The smallest absolute Gasteiger partial charge is 0.354 e. The van der Waals surface area contributed by atoms with Gasteiger partial charge in [-0.3, -0.25) is 4.90 Å². The molecule has 1 aliphatic carbocycles. The fraction of sp³-hybridized carbons (Fsp3) is 0.308. The minimum absolute atomic E-state index is 0.0779. The Morgan fingerprint density at radius 1 is 1.00 bits per heavy atom. The first-order valence-electron chi connectivity index (χ1n) is 10.9. The van der Waals surface area contributed by atoms with Crippen LogP contribution >= 0.6 is 11.6 Å². The van der Waals surface area contributed by atoms with Gasteiger partial charge in [0.25, 0.3) is 0 Å². The van der Waals surface area contributed by atoms with Crippen LogP contribution in [0.5, 0.6) is 0 Å². The van der Waals surface area contributed by atoms with Gasteiger partial charge in [0.1, 0.15) is 5.69 Å². The van der Waals surface area contributed by atoms with Gasteiger partial charge in [-0.2, -0.15) is 0 Å². The molecular formula is C26H25ClN2O2. The molecule has 1 saturated heterocycles. The van der Waals surface area contributed by atoms with Gasteiger partial charge in [-0.25, -0.2) is 9.78 Å². The van der Waals surface area contributed by atoms with Crippen LogP contribution < -0.4 is 0 Å². The fourth-order valence-electron chi connectivity index (χ4n) is 5.20. The third-order valence-electron chi connectivity index (χ3n) is 6.64. The molecular weight excluding hydrogens is 408 g/mol. The summed E-state index contributed by atoms with van der Waals surface area (Å²) in [5.74, 6) is -0.999. The first-order chi connectivity index (χ1) is 15.1. The van der Waals surface area contributed by atoms with E-state index in [0.717, 1.165) is 36.4 Å². The molecule has 0 amide bonds. The number of hydrogen-bond donors (Lipinski definition) is 1. The highest BCUT2D eigenvalue weighted by molar-refractivity contribution is 6.30. The number of rotatable bonds is 4. The molecule has 158 valence electrons. The van der Waals surface area contributed by atoms with E-state index in [4.69, 9.17) is 11.6 Å². The zero-order valence-electron chi connectivity index (χ0n) is 17.3. The largest absolute Gasteiger partial charge is 0.477 e. The lowest BCUT2D eigenvalue weighted by Gasteiger charge is -2.37. The van der Waals surface area contributed by atoms with Crippen molar-refractivity contribution in [1.82, 2.24) is 9.88 Å². The molecule has 2 atom stereocenters. The maximum Gasteiger partial charge on any atom is 0.354 e. The summed E-state index contributed by atoms with van der Waals surface area (Å²) in [5.41, 5.74) is 5.87. The van der Waals surface area contributed by atoms with Gasteiger partial charge in [0.05, 0.1) is 5.69 Å². The van der Waals surface area contributed by atoms with Crippen LogP contribution in [0.4, 0.5) is 0 Å². The number of likely N-dealkylation sites (tertiary alicyclic amines) is 1. The Hall–Kier alpha value is -2.69. The predicted octanol–water partition coefficient (Wildman–Crippen LogP) is 6.31. The molecule has 31 heavy (non-hydrogen) atoms. The molecule has 1 N–H and O–H groups in total. The Kier molecular flexibility index (Phi) is 5.51. The molecule has 1 aliphatic heterocycles. The van der Waals surface area contributed by atoms with Crippen molar-refractivity contribution >= 4 is 17.6 Å². The molecule has 1 aromatic heterocycles. The number of carbonyl (C=O) groups is 1. The zero-order chi connectivity index (χ0) is 21.4. The van der Waals surface area contributed by atoms with Crippen LogP contribution in [-0.2, 0) is 6.42 Å². The average molecular weight is 433 g/mol. The van der Waals surface area contributed by atoms with E-state index < -0.39 is 5.97 Å². The van der Waals surface area contributed by atoms with Crippen LogP contribution in [0, 0.1) is 0 Å². The predicted molar refractivity (Wildman–Crippen MR) is 122 cm³/mol. The van der Waals surface area contributed by atoms with Gasteiger partial charge in [-0.1, -0.05) is 41.9 Å². The van der Waals surface area contributed by atoms with Gasteiger partial charge in [0.15, 0.2) is 0 Å². The van der Waals surface area contributed by atoms with Gasteiger partial charge >= 0.3 is 5.97 Å². The van der Waals surface area contributed by atoms with E-state index in [1.807, 2.05) is 18.2 Å². The number of fused-ring (bicyclic) bond motifs is 1. The van der Waals surface area contributed by atoms with Gasteiger partial charge in [0.2, 0.25) is 0 Å². The topological polar surface area (TPSA) is 53.4 Å². The number of aromatic carboxylic acids is 1. The van der Waals surface area contributed by atoms with Gasteiger partial charge in [0, 0.05) is 22.7 Å². The van der Waals surface area contributed by atoms with Crippen molar-refractivity contribution < 1.29 is 9.90 Å². The lowest BCUT2D eigenvalue weighted by Crippen LogP contribution is -2.31. The highest BCUT2D eigenvalue weighted by Crippen LogP contribution is 2.44. The number of carboxylic acid groups (broad SMARTS) is 1. The third-order valence-corrected chi connectivity index (χ3v) is 6.89. The summed E-state index contributed by atoms with van der Waals surface area (Å²) in [6, 6.07) is 20.8. The second-order valence-electron chi connectivity index (χ2n) is 8.48. The minimum Gasteiger partial charge on any atom is -0.477 e. The number of carboxylic acids is 1. The highest BCUT2D eigenvalue weighted by Gasteiger charge is 2.34. The Balaban J connectivity index is 1.50. The summed E-state index contributed by atoms with van der Waals surface area (Å²) in [6.45, 7) is 1.09. The molecule has 1 fully saturated rings. The van der Waals surface area contributed by atoms with Crippen molar-refractivity contribution in [3.8, 4) is 11.3 Å². The van der Waals surface area contributed by atoms with Gasteiger partial charge in [-0.05, 0) is 85.7 Å². The quantitative estimate of drug-likeness (QED) is 0.524. The summed E-state index contributed by atoms with van der Waals surface area (Å²) in [7, 11) is 0. The van der Waals surface area contributed by atoms with Gasteiger partial charge in [-0.15, -0.1) is 0 Å². The van der Waals surface area contributed by atoms with E-state index in [1.165, 1.54) is 35.6 Å². The first-order valence-corrected chi connectivity index (χ1v) is 11.3. The SMILES string of the molecule is O=C(O)c1cccc(-c2ccc3c(c2)[C@H](N2CCC[C@H]2c2ccc(Cl)cc2)CCC3)n1. The van der Waals surface area contributed by atoms with Crippen LogP contribution in [0.25, 0.3) is 11.3 Å². The maximum absolute atomic E-state index is 11.4. The van der Waals surface area contributed by atoms with Crippen LogP contribution in [0.3, 0.4) is 0 Å². The molecule has 0 spiro atoms. The summed E-state index contributed by atoms with van der Waals surface area (Å²) >= 11 is 6.12. The summed E-state index contributed by atoms with van der Waals surface area (Å²) < 4.78 is 0. The van der Waals surface area contributed by atoms with Crippen LogP contribution in [0.15, 0.2) is 60.7 Å². The fourth-order valence-corrected chi connectivity index (χ4v) is 5.32. The Morgan fingerprint density at radius 2 is 1.81 bits per heavy atom. The maximum atomic E-state index is 11.4.